The summed E-state index contributed by atoms with van der Waals surface area (Å²) in [4.78, 5) is 22.3. The van der Waals surface area contributed by atoms with Gasteiger partial charge in [0.2, 0.25) is 0 Å². The number of amides is 1. The van der Waals surface area contributed by atoms with Crippen LogP contribution >= 0.6 is 0 Å². The molecule has 0 fully saturated rings. The highest BCUT2D eigenvalue weighted by Gasteiger charge is 2.14. The van der Waals surface area contributed by atoms with E-state index in [9.17, 15) is 9.59 Å². The smallest absolute Gasteiger partial charge is 0.303 e. The SMILES string of the molecule is CC(=O)OCC(=O)NCCC(c1ccccc1)c1ccccc1. The van der Waals surface area contributed by atoms with Crippen molar-refractivity contribution in [3.8, 4) is 0 Å². The predicted molar refractivity (Wildman–Crippen MR) is 89.0 cm³/mol. The minimum absolute atomic E-state index is 0.214. The summed E-state index contributed by atoms with van der Waals surface area (Å²) in [5, 5.41) is 2.79. The van der Waals surface area contributed by atoms with Crippen LogP contribution in [0, 0.1) is 0 Å². The van der Waals surface area contributed by atoms with Crippen LogP contribution in [0.3, 0.4) is 0 Å². The second-order valence-corrected chi connectivity index (χ2v) is 5.29. The normalized spacial score (nSPS) is 10.3. The molecule has 0 aliphatic heterocycles. The molecule has 0 aliphatic rings. The van der Waals surface area contributed by atoms with Gasteiger partial charge in [-0.25, -0.2) is 0 Å². The highest BCUT2D eigenvalue weighted by molar-refractivity contribution is 5.79. The Bertz CT molecular complexity index is 586. The molecule has 4 heteroatoms. The Labute approximate surface area is 136 Å². The average Bonchev–Trinajstić information content (AvgIpc) is 2.58. The van der Waals surface area contributed by atoms with Crippen LogP contribution in [0.1, 0.15) is 30.4 Å². The summed E-state index contributed by atoms with van der Waals surface area (Å²) < 4.78 is 4.68. The molecule has 2 rings (SSSR count). The van der Waals surface area contributed by atoms with Crippen LogP contribution < -0.4 is 5.32 Å². The van der Waals surface area contributed by atoms with E-state index in [0.29, 0.717) is 6.54 Å². The summed E-state index contributed by atoms with van der Waals surface area (Å²) >= 11 is 0. The molecule has 0 bridgehead atoms. The van der Waals surface area contributed by atoms with Gasteiger partial charge in [0.15, 0.2) is 6.61 Å². The lowest BCUT2D eigenvalue weighted by molar-refractivity contribution is -0.146. The first kappa shape index (κ1) is 16.7. The summed E-state index contributed by atoms with van der Waals surface area (Å²) in [6.07, 6.45) is 0.778. The first-order chi connectivity index (χ1) is 11.2. The number of rotatable bonds is 7. The van der Waals surface area contributed by atoms with E-state index in [1.165, 1.54) is 18.1 Å². The Morgan fingerprint density at radius 2 is 1.48 bits per heavy atom. The monoisotopic (exact) mass is 311 g/mol. The zero-order valence-electron chi connectivity index (χ0n) is 13.2. The van der Waals surface area contributed by atoms with Crippen LogP contribution in [-0.2, 0) is 14.3 Å². The van der Waals surface area contributed by atoms with Crippen LogP contribution in [0.2, 0.25) is 0 Å². The number of ether oxygens (including phenoxy) is 1. The number of nitrogens with one attached hydrogen (secondary N) is 1. The molecule has 0 aliphatic carbocycles. The Morgan fingerprint density at radius 3 is 1.96 bits per heavy atom. The van der Waals surface area contributed by atoms with Gasteiger partial charge in [0.1, 0.15) is 0 Å². The van der Waals surface area contributed by atoms with Crippen molar-refractivity contribution in [3.05, 3.63) is 71.8 Å². The standard InChI is InChI=1S/C19H21NO3/c1-15(21)23-14-19(22)20-13-12-18(16-8-4-2-5-9-16)17-10-6-3-7-11-17/h2-11,18H,12-14H2,1H3,(H,20,22). The van der Waals surface area contributed by atoms with E-state index in [1.807, 2.05) is 36.4 Å². The maximum atomic E-state index is 11.6. The van der Waals surface area contributed by atoms with Crippen molar-refractivity contribution in [2.24, 2.45) is 0 Å². The molecule has 120 valence electrons. The molecule has 0 radical (unpaired) electrons. The molecular weight excluding hydrogens is 290 g/mol. The van der Waals surface area contributed by atoms with E-state index in [-0.39, 0.29) is 18.4 Å². The summed E-state index contributed by atoms with van der Waals surface area (Å²) in [6.45, 7) is 1.58. The molecule has 0 saturated heterocycles. The van der Waals surface area contributed by atoms with E-state index in [1.54, 1.807) is 0 Å². The molecule has 0 saturated carbocycles. The van der Waals surface area contributed by atoms with Crippen LogP contribution in [0.15, 0.2) is 60.7 Å². The first-order valence-corrected chi connectivity index (χ1v) is 7.67. The van der Waals surface area contributed by atoms with E-state index >= 15 is 0 Å². The third-order valence-electron chi connectivity index (χ3n) is 3.57. The highest BCUT2D eigenvalue weighted by Crippen LogP contribution is 2.27. The molecular formula is C19H21NO3. The molecule has 0 spiro atoms. The van der Waals surface area contributed by atoms with Gasteiger partial charge in [-0.2, -0.15) is 0 Å². The third-order valence-corrected chi connectivity index (χ3v) is 3.57. The number of benzene rings is 2. The third kappa shape index (κ3) is 5.58. The Morgan fingerprint density at radius 1 is 0.957 bits per heavy atom. The minimum atomic E-state index is -0.452. The lowest BCUT2D eigenvalue weighted by atomic mass is 9.88. The summed E-state index contributed by atoms with van der Waals surface area (Å²) in [5.41, 5.74) is 2.43. The Hall–Kier alpha value is -2.62. The summed E-state index contributed by atoms with van der Waals surface area (Å²) in [6, 6.07) is 20.4. The highest BCUT2D eigenvalue weighted by atomic mass is 16.5. The predicted octanol–water partition coefficient (Wildman–Crippen LogP) is 2.89. The van der Waals surface area contributed by atoms with Crippen molar-refractivity contribution in [1.82, 2.24) is 5.32 Å². The fourth-order valence-corrected chi connectivity index (χ4v) is 2.47. The van der Waals surface area contributed by atoms with Crippen LogP contribution in [-0.4, -0.2) is 25.0 Å². The van der Waals surface area contributed by atoms with E-state index < -0.39 is 5.97 Å². The van der Waals surface area contributed by atoms with Gasteiger partial charge in [-0.1, -0.05) is 60.7 Å². The summed E-state index contributed by atoms with van der Waals surface area (Å²) in [7, 11) is 0. The number of carbonyl (C=O) groups excluding carboxylic acids is 2. The van der Waals surface area contributed by atoms with Gasteiger partial charge in [-0.05, 0) is 17.5 Å². The molecule has 0 unspecified atom stereocenters. The molecule has 0 atom stereocenters. The van der Waals surface area contributed by atoms with Gasteiger partial charge in [-0.15, -0.1) is 0 Å². The maximum absolute atomic E-state index is 11.6. The van der Waals surface area contributed by atoms with Gasteiger partial charge in [0.25, 0.3) is 5.91 Å². The number of hydrogen-bond donors (Lipinski definition) is 1. The molecule has 2 aromatic carbocycles. The van der Waals surface area contributed by atoms with E-state index in [4.69, 9.17) is 0 Å². The van der Waals surface area contributed by atoms with Crippen LogP contribution in [0.5, 0.6) is 0 Å². The molecule has 4 nitrogen and oxygen atoms in total. The van der Waals surface area contributed by atoms with Crippen molar-refractivity contribution in [1.29, 1.82) is 0 Å². The zero-order chi connectivity index (χ0) is 16.5. The van der Waals surface area contributed by atoms with Gasteiger partial charge >= 0.3 is 5.97 Å². The minimum Gasteiger partial charge on any atom is -0.456 e. The number of carbonyl (C=O) groups is 2. The lowest BCUT2D eigenvalue weighted by Crippen LogP contribution is -2.30. The lowest BCUT2D eigenvalue weighted by Gasteiger charge is -2.18. The molecule has 1 N–H and O–H groups in total. The Balaban J connectivity index is 1.97. The van der Waals surface area contributed by atoms with E-state index in [0.717, 1.165) is 6.42 Å². The number of esters is 1. The van der Waals surface area contributed by atoms with Crippen LogP contribution in [0.4, 0.5) is 0 Å². The van der Waals surface area contributed by atoms with Crippen molar-refractivity contribution in [2.45, 2.75) is 19.3 Å². The Kier molecular flexibility index (Phi) is 6.36. The van der Waals surface area contributed by atoms with Crippen molar-refractivity contribution >= 4 is 11.9 Å². The molecule has 0 aromatic heterocycles. The first-order valence-electron chi connectivity index (χ1n) is 7.67. The van der Waals surface area contributed by atoms with Crippen molar-refractivity contribution in [2.75, 3.05) is 13.2 Å². The zero-order valence-corrected chi connectivity index (χ0v) is 13.2. The molecule has 23 heavy (non-hydrogen) atoms. The molecule has 2 aromatic rings. The quantitative estimate of drug-likeness (QED) is 0.800. The molecule has 0 heterocycles. The second-order valence-electron chi connectivity index (χ2n) is 5.29. The molecule has 1 amide bonds. The average molecular weight is 311 g/mol. The van der Waals surface area contributed by atoms with Crippen molar-refractivity contribution in [3.63, 3.8) is 0 Å². The maximum Gasteiger partial charge on any atom is 0.303 e. The van der Waals surface area contributed by atoms with E-state index in [2.05, 4.69) is 34.3 Å². The van der Waals surface area contributed by atoms with Gasteiger partial charge < -0.3 is 10.1 Å². The number of hydrogen-bond acceptors (Lipinski definition) is 3. The van der Waals surface area contributed by atoms with Crippen LogP contribution in [0.25, 0.3) is 0 Å². The largest absolute Gasteiger partial charge is 0.456 e. The summed E-state index contributed by atoms with van der Waals surface area (Å²) in [5.74, 6) is -0.516. The fraction of sp³-hybridized carbons (Fsp3) is 0.263. The topological polar surface area (TPSA) is 55.4 Å². The van der Waals surface area contributed by atoms with Gasteiger partial charge in [0, 0.05) is 19.4 Å². The second kappa shape index (κ2) is 8.73. The van der Waals surface area contributed by atoms with Gasteiger partial charge in [0.05, 0.1) is 0 Å². The van der Waals surface area contributed by atoms with Crippen molar-refractivity contribution < 1.29 is 14.3 Å². The van der Waals surface area contributed by atoms with Gasteiger partial charge in [-0.3, -0.25) is 9.59 Å². The fourth-order valence-electron chi connectivity index (χ4n) is 2.47.